The third kappa shape index (κ3) is 4.10. The van der Waals surface area contributed by atoms with Crippen molar-refractivity contribution in [2.75, 3.05) is 5.32 Å². The first-order valence-electron chi connectivity index (χ1n) is 7.61. The number of carbonyl (C=O) groups is 1. The van der Waals surface area contributed by atoms with Gasteiger partial charge in [0.1, 0.15) is 5.75 Å². The number of carbonyl (C=O) groups excluding carboxylic acids is 1. The summed E-state index contributed by atoms with van der Waals surface area (Å²) in [6, 6.07) is 13.8. The van der Waals surface area contributed by atoms with Crippen LogP contribution in [0.15, 0.2) is 42.5 Å². The normalized spacial score (nSPS) is 11.8. The quantitative estimate of drug-likeness (QED) is 0.888. The van der Waals surface area contributed by atoms with Gasteiger partial charge >= 0.3 is 0 Å². The minimum absolute atomic E-state index is 0.118. The predicted molar refractivity (Wildman–Crippen MR) is 90.4 cm³/mol. The van der Waals surface area contributed by atoms with Gasteiger partial charge in [0.25, 0.3) is 5.91 Å². The molecule has 0 fully saturated rings. The lowest BCUT2D eigenvalue weighted by Crippen LogP contribution is -2.32. The molecule has 0 unspecified atom stereocenters. The average Bonchev–Trinajstić information content (AvgIpc) is 2.50. The highest BCUT2D eigenvalue weighted by Crippen LogP contribution is 2.22. The third-order valence-electron chi connectivity index (χ3n) is 3.60. The number of anilines is 1. The molecule has 0 heterocycles. The van der Waals surface area contributed by atoms with Crippen molar-refractivity contribution in [2.45, 2.75) is 40.2 Å². The fourth-order valence-corrected chi connectivity index (χ4v) is 2.17. The number of rotatable bonds is 5. The van der Waals surface area contributed by atoms with E-state index >= 15 is 0 Å². The summed E-state index contributed by atoms with van der Waals surface area (Å²) in [5, 5.41) is 2.91. The molecular weight excluding hydrogens is 274 g/mol. The molecule has 0 aromatic heterocycles. The Morgan fingerprint density at radius 1 is 1.05 bits per heavy atom. The van der Waals surface area contributed by atoms with E-state index in [1.54, 1.807) is 0 Å². The fraction of sp³-hybridized carbons (Fsp3) is 0.316. The van der Waals surface area contributed by atoms with Crippen molar-refractivity contribution in [3.8, 4) is 5.75 Å². The lowest BCUT2D eigenvalue weighted by Gasteiger charge is -2.19. The summed E-state index contributed by atoms with van der Waals surface area (Å²) in [5.41, 5.74) is 4.11. The molecule has 2 rings (SSSR count). The van der Waals surface area contributed by atoms with Crippen LogP contribution in [-0.4, -0.2) is 12.0 Å². The molecule has 0 aliphatic heterocycles. The second-order valence-corrected chi connectivity index (χ2v) is 5.64. The second kappa shape index (κ2) is 7.12. The monoisotopic (exact) mass is 297 g/mol. The smallest absolute Gasteiger partial charge is 0.265 e. The highest BCUT2D eigenvalue weighted by Gasteiger charge is 2.19. The van der Waals surface area contributed by atoms with E-state index in [0.717, 1.165) is 28.1 Å². The SMILES string of the molecule is CC[C@@H](Oc1cc(C)ccc1C)C(=O)Nc1ccc(C)cc1. The Labute approximate surface area is 132 Å². The van der Waals surface area contributed by atoms with Gasteiger partial charge in [-0.1, -0.05) is 36.8 Å². The van der Waals surface area contributed by atoms with Crippen molar-refractivity contribution in [1.29, 1.82) is 0 Å². The molecule has 1 N–H and O–H groups in total. The predicted octanol–water partition coefficient (Wildman–Crippen LogP) is 4.41. The van der Waals surface area contributed by atoms with Crippen molar-refractivity contribution < 1.29 is 9.53 Å². The van der Waals surface area contributed by atoms with Crippen LogP contribution in [0.5, 0.6) is 5.75 Å². The van der Waals surface area contributed by atoms with Crippen molar-refractivity contribution >= 4 is 11.6 Å². The minimum atomic E-state index is -0.498. The lowest BCUT2D eigenvalue weighted by molar-refractivity contribution is -0.122. The molecule has 2 aromatic rings. The summed E-state index contributed by atoms with van der Waals surface area (Å²) < 4.78 is 5.92. The van der Waals surface area contributed by atoms with Crippen molar-refractivity contribution in [1.82, 2.24) is 0 Å². The Bertz CT molecular complexity index is 647. The third-order valence-corrected chi connectivity index (χ3v) is 3.60. The Balaban J connectivity index is 2.08. The van der Waals surface area contributed by atoms with E-state index in [0.29, 0.717) is 6.42 Å². The topological polar surface area (TPSA) is 38.3 Å². The number of hydrogen-bond acceptors (Lipinski definition) is 2. The molecule has 1 amide bonds. The zero-order chi connectivity index (χ0) is 16.1. The molecule has 2 aromatic carbocycles. The maximum absolute atomic E-state index is 12.4. The number of ether oxygens (including phenoxy) is 1. The molecule has 0 radical (unpaired) electrons. The van der Waals surface area contributed by atoms with Gasteiger partial charge in [0.2, 0.25) is 0 Å². The minimum Gasteiger partial charge on any atom is -0.480 e. The van der Waals surface area contributed by atoms with Crippen LogP contribution in [0, 0.1) is 20.8 Å². The molecule has 116 valence electrons. The van der Waals surface area contributed by atoms with Gasteiger partial charge in [-0.25, -0.2) is 0 Å². The highest BCUT2D eigenvalue weighted by atomic mass is 16.5. The molecule has 1 atom stereocenters. The number of aryl methyl sites for hydroxylation is 3. The maximum Gasteiger partial charge on any atom is 0.265 e. The molecule has 0 saturated heterocycles. The zero-order valence-electron chi connectivity index (χ0n) is 13.6. The van der Waals surface area contributed by atoms with Crippen LogP contribution in [-0.2, 0) is 4.79 Å². The first-order valence-corrected chi connectivity index (χ1v) is 7.61. The number of amides is 1. The van der Waals surface area contributed by atoms with E-state index in [1.807, 2.05) is 70.2 Å². The molecule has 3 nitrogen and oxygen atoms in total. The van der Waals surface area contributed by atoms with E-state index in [2.05, 4.69) is 5.32 Å². The van der Waals surface area contributed by atoms with Gasteiger partial charge in [-0.2, -0.15) is 0 Å². The van der Waals surface area contributed by atoms with Crippen LogP contribution in [0.2, 0.25) is 0 Å². The molecular formula is C19H23NO2. The summed E-state index contributed by atoms with van der Waals surface area (Å²) in [5.74, 6) is 0.651. The van der Waals surface area contributed by atoms with Crippen LogP contribution in [0.25, 0.3) is 0 Å². The molecule has 0 spiro atoms. The molecule has 22 heavy (non-hydrogen) atoms. The summed E-state index contributed by atoms with van der Waals surface area (Å²) >= 11 is 0. The van der Waals surface area contributed by atoms with Gasteiger partial charge in [-0.15, -0.1) is 0 Å². The first kappa shape index (κ1) is 16.1. The van der Waals surface area contributed by atoms with Crippen LogP contribution >= 0.6 is 0 Å². The number of hydrogen-bond donors (Lipinski definition) is 1. The van der Waals surface area contributed by atoms with Gasteiger partial charge in [-0.3, -0.25) is 4.79 Å². The standard InChI is InChI=1S/C19H23NO2/c1-5-17(22-18-12-14(3)6-9-15(18)4)19(21)20-16-10-7-13(2)8-11-16/h6-12,17H,5H2,1-4H3,(H,20,21)/t17-/m1/s1. The first-order chi connectivity index (χ1) is 10.5. The second-order valence-electron chi connectivity index (χ2n) is 5.64. The Morgan fingerprint density at radius 2 is 1.68 bits per heavy atom. The summed E-state index contributed by atoms with van der Waals surface area (Å²) in [7, 11) is 0. The van der Waals surface area contributed by atoms with Gasteiger partial charge in [-0.05, 0) is 56.5 Å². The Morgan fingerprint density at radius 3 is 2.32 bits per heavy atom. The number of benzene rings is 2. The summed E-state index contributed by atoms with van der Waals surface area (Å²) in [6.07, 6.45) is 0.118. The molecule has 0 bridgehead atoms. The number of nitrogens with one attached hydrogen (secondary N) is 1. The summed E-state index contributed by atoms with van der Waals surface area (Å²) in [6.45, 7) is 7.97. The van der Waals surface area contributed by atoms with E-state index in [-0.39, 0.29) is 5.91 Å². The largest absolute Gasteiger partial charge is 0.480 e. The van der Waals surface area contributed by atoms with Crippen LogP contribution < -0.4 is 10.1 Å². The highest BCUT2D eigenvalue weighted by molar-refractivity contribution is 5.94. The van der Waals surface area contributed by atoms with Crippen molar-refractivity contribution in [3.63, 3.8) is 0 Å². The Hall–Kier alpha value is -2.29. The van der Waals surface area contributed by atoms with E-state index in [1.165, 1.54) is 0 Å². The van der Waals surface area contributed by atoms with E-state index in [9.17, 15) is 4.79 Å². The molecule has 0 aliphatic carbocycles. The van der Waals surface area contributed by atoms with E-state index < -0.39 is 6.10 Å². The molecule has 0 aliphatic rings. The van der Waals surface area contributed by atoms with Gasteiger partial charge < -0.3 is 10.1 Å². The van der Waals surface area contributed by atoms with Crippen molar-refractivity contribution in [3.05, 3.63) is 59.2 Å². The fourth-order valence-electron chi connectivity index (χ4n) is 2.17. The average molecular weight is 297 g/mol. The molecule has 0 saturated carbocycles. The van der Waals surface area contributed by atoms with Crippen LogP contribution in [0.3, 0.4) is 0 Å². The molecule has 3 heteroatoms. The van der Waals surface area contributed by atoms with Gasteiger partial charge in [0.15, 0.2) is 6.10 Å². The van der Waals surface area contributed by atoms with E-state index in [4.69, 9.17) is 4.74 Å². The van der Waals surface area contributed by atoms with Gasteiger partial charge in [0.05, 0.1) is 0 Å². The zero-order valence-corrected chi connectivity index (χ0v) is 13.6. The van der Waals surface area contributed by atoms with Gasteiger partial charge in [0, 0.05) is 5.69 Å². The summed E-state index contributed by atoms with van der Waals surface area (Å²) in [4.78, 5) is 12.4. The van der Waals surface area contributed by atoms with Crippen molar-refractivity contribution in [2.24, 2.45) is 0 Å². The van der Waals surface area contributed by atoms with Crippen LogP contribution in [0.1, 0.15) is 30.0 Å². The maximum atomic E-state index is 12.4. The van der Waals surface area contributed by atoms with Crippen LogP contribution in [0.4, 0.5) is 5.69 Å². The lowest BCUT2D eigenvalue weighted by atomic mass is 10.1. The Kier molecular flexibility index (Phi) is 5.21.